The fourth-order valence-electron chi connectivity index (χ4n) is 2.08. The van der Waals surface area contributed by atoms with Crippen molar-refractivity contribution in [1.82, 2.24) is 0 Å². The summed E-state index contributed by atoms with van der Waals surface area (Å²) >= 11 is 6.11. The Morgan fingerprint density at radius 2 is 1.95 bits per heavy atom. The number of anilines is 3. The Hall–Kier alpha value is -2.20. The average Bonchev–Trinajstić information content (AvgIpc) is 2.42. The highest BCUT2D eigenvalue weighted by Gasteiger charge is 2.12. The van der Waals surface area contributed by atoms with Crippen molar-refractivity contribution in [3.8, 4) is 0 Å². The number of halogens is 1. The molecule has 0 spiro atoms. The summed E-state index contributed by atoms with van der Waals surface area (Å²) in [5, 5.41) is 3.35. The molecular formula is C16H18ClN3O. The molecule has 0 saturated heterocycles. The van der Waals surface area contributed by atoms with E-state index in [2.05, 4.69) is 5.32 Å². The first-order valence-electron chi connectivity index (χ1n) is 6.53. The van der Waals surface area contributed by atoms with E-state index in [9.17, 15) is 4.79 Å². The van der Waals surface area contributed by atoms with Gasteiger partial charge in [-0.1, -0.05) is 23.7 Å². The molecule has 0 atom stereocenters. The molecule has 0 bridgehead atoms. The van der Waals surface area contributed by atoms with Crippen LogP contribution < -0.4 is 16.0 Å². The van der Waals surface area contributed by atoms with Gasteiger partial charge >= 0.3 is 0 Å². The van der Waals surface area contributed by atoms with Gasteiger partial charge in [0.2, 0.25) is 0 Å². The lowest BCUT2D eigenvalue weighted by atomic mass is 10.1. The molecule has 4 nitrogen and oxygen atoms in total. The SMILES string of the molecule is Cc1cccc(Cl)c1NC(=O)c1ccc(N(C)C)c(N)c1. The maximum Gasteiger partial charge on any atom is 0.255 e. The van der Waals surface area contributed by atoms with Crippen molar-refractivity contribution < 1.29 is 4.79 Å². The standard InChI is InChI=1S/C16H18ClN3O/c1-10-5-4-6-12(17)15(10)19-16(21)11-7-8-14(20(2)3)13(18)9-11/h4-9H,18H2,1-3H3,(H,19,21). The third-order valence-electron chi connectivity index (χ3n) is 3.23. The molecule has 0 heterocycles. The molecule has 2 rings (SSSR count). The summed E-state index contributed by atoms with van der Waals surface area (Å²) in [5.74, 6) is -0.233. The van der Waals surface area contributed by atoms with Crippen LogP contribution in [-0.4, -0.2) is 20.0 Å². The third-order valence-corrected chi connectivity index (χ3v) is 3.55. The first-order chi connectivity index (χ1) is 9.90. The van der Waals surface area contributed by atoms with Crippen LogP contribution in [0.2, 0.25) is 5.02 Å². The van der Waals surface area contributed by atoms with Gasteiger partial charge in [0.1, 0.15) is 0 Å². The van der Waals surface area contributed by atoms with Crippen LogP contribution >= 0.6 is 11.6 Å². The molecule has 2 aromatic carbocycles. The Kier molecular flexibility index (Phi) is 4.38. The second-order valence-electron chi connectivity index (χ2n) is 5.05. The number of amides is 1. The topological polar surface area (TPSA) is 58.4 Å². The van der Waals surface area contributed by atoms with Crippen molar-refractivity contribution in [2.75, 3.05) is 30.0 Å². The van der Waals surface area contributed by atoms with Gasteiger partial charge in [0.15, 0.2) is 0 Å². The number of carbonyl (C=O) groups excluding carboxylic acids is 1. The van der Waals surface area contributed by atoms with E-state index in [4.69, 9.17) is 17.3 Å². The summed E-state index contributed by atoms with van der Waals surface area (Å²) in [5.41, 5.74) is 9.43. The largest absolute Gasteiger partial charge is 0.397 e. The number of hydrogen-bond acceptors (Lipinski definition) is 3. The summed E-state index contributed by atoms with van der Waals surface area (Å²) in [6.07, 6.45) is 0. The van der Waals surface area contributed by atoms with Gasteiger partial charge in [0.05, 0.1) is 22.1 Å². The molecule has 1 amide bonds. The molecule has 5 heteroatoms. The number of nitrogens with two attached hydrogens (primary N) is 1. The summed E-state index contributed by atoms with van der Waals surface area (Å²) in [7, 11) is 3.80. The minimum Gasteiger partial charge on any atom is -0.397 e. The molecule has 0 aromatic heterocycles. The number of carbonyl (C=O) groups is 1. The smallest absolute Gasteiger partial charge is 0.255 e. The molecule has 3 N–H and O–H groups in total. The lowest BCUT2D eigenvalue weighted by molar-refractivity contribution is 0.102. The number of nitrogens with one attached hydrogen (secondary N) is 1. The molecule has 2 aromatic rings. The van der Waals surface area contributed by atoms with Crippen LogP contribution in [0.25, 0.3) is 0 Å². The van der Waals surface area contributed by atoms with Crippen LogP contribution in [0, 0.1) is 6.92 Å². The van der Waals surface area contributed by atoms with Gasteiger partial charge in [0, 0.05) is 19.7 Å². The van der Waals surface area contributed by atoms with Crippen LogP contribution in [0.4, 0.5) is 17.1 Å². The summed E-state index contributed by atoms with van der Waals surface area (Å²) in [4.78, 5) is 14.2. The molecule has 0 aliphatic heterocycles. The molecule has 0 radical (unpaired) electrons. The van der Waals surface area contributed by atoms with Crippen molar-refractivity contribution in [3.05, 3.63) is 52.5 Å². The molecular weight excluding hydrogens is 286 g/mol. The fraction of sp³-hybridized carbons (Fsp3) is 0.188. The second kappa shape index (κ2) is 6.06. The number of para-hydroxylation sites is 1. The second-order valence-corrected chi connectivity index (χ2v) is 5.46. The first-order valence-corrected chi connectivity index (χ1v) is 6.91. The van der Waals surface area contributed by atoms with Gasteiger partial charge in [-0.25, -0.2) is 0 Å². The first kappa shape index (κ1) is 15.2. The van der Waals surface area contributed by atoms with E-state index in [0.29, 0.717) is 22.0 Å². The maximum atomic E-state index is 12.3. The molecule has 0 unspecified atom stereocenters. The third kappa shape index (κ3) is 3.28. The van der Waals surface area contributed by atoms with Crippen LogP contribution in [0.1, 0.15) is 15.9 Å². The minimum absolute atomic E-state index is 0.233. The molecule has 21 heavy (non-hydrogen) atoms. The van der Waals surface area contributed by atoms with Gasteiger partial charge in [-0.15, -0.1) is 0 Å². The highest BCUT2D eigenvalue weighted by Crippen LogP contribution is 2.27. The summed E-state index contributed by atoms with van der Waals surface area (Å²) in [6, 6.07) is 10.7. The van der Waals surface area contributed by atoms with Crippen molar-refractivity contribution in [2.45, 2.75) is 6.92 Å². The Labute approximate surface area is 129 Å². The Balaban J connectivity index is 2.27. The van der Waals surface area contributed by atoms with Crippen LogP contribution in [0.15, 0.2) is 36.4 Å². The van der Waals surface area contributed by atoms with Gasteiger partial charge in [0.25, 0.3) is 5.91 Å². The summed E-state index contributed by atoms with van der Waals surface area (Å²) < 4.78 is 0. The summed E-state index contributed by atoms with van der Waals surface area (Å²) in [6.45, 7) is 1.89. The van der Waals surface area contributed by atoms with Crippen LogP contribution in [0.5, 0.6) is 0 Å². The highest BCUT2D eigenvalue weighted by molar-refractivity contribution is 6.34. The van der Waals surface area contributed by atoms with E-state index in [-0.39, 0.29) is 5.91 Å². The molecule has 0 aliphatic rings. The van der Waals surface area contributed by atoms with E-state index in [1.807, 2.05) is 44.1 Å². The van der Waals surface area contributed by atoms with Gasteiger partial charge < -0.3 is 16.0 Å². The van der Waals surface area contributed by atoms with Crippen LogP contribution in [0.3, 0.4) is 0 Å². The lowest BCUT2D eigenvalue weighted by Gasteiger charge is -2.16. The maximum absolute atomic E-state index is 12.3. The average molecular weight is 304 g/mol. The zero-order valence-electron chi connectivity index (χ0n) is 12.3. The van der Waals surface area contributed by atoms with E-state index in [1.165, 1.54) is 0 Å². The Bertz CT molecular complexity index is 663. The molecule has 0 saturated carbocycles. The van der Waals surface area contributed by atoms with E-state index in [1.54, 1.807) is 18.2 Å². The predicted molar refractivity (Wildman–Crippen MR) is 89.3 cm³/mol. The van der Waals surface area contributed by atoms with Crippen LogP contribution in [-0.2, 0) is 0 Å². The Morgan fingerprint density at radius 3 is 2.52 bits per heavy atom. The number of nitrogens with zero attached hydrogens (tertiary/aromatic N) is 1. The van der Waals surface area contributed by atoms with Crippen molar-refractivity contribution in [3.63, 3.8) is 0 Å². The highest BCUT2D eigenvalue weighted by atomic mass is 35.5. The number of benzene rings is 2. The number of aryl methyl sites for hydroxylation is 1. The molecule has 110 valence electrons. The zero-order chi connectivity index (χ0) is 15.6. The number of rotatable bonds is 3. The van der Waals surface area contributed by atoms with E-state index in [0.717, 1.165) is 11.3 Å². The van der Waals surface area contributed by atoms with Gasteiger partial charge in [-0.2, -0.15) is 0 Å². The predicted octanol–water partition coefficient (Wildman–Crippen LogP) is 3.55. The van der Waals surface area contributed by atoms with Gasteiger partial charge in [-0.3, -0.25) is 4.79 Å². The zero-order valence-corrected chi connectivity index (χ0v) is 13.0. The normalized spacial score (nSPS) is 10.3. The quantitative estimate of drug-likeness (QED) is 0.853. The molecule has 0 aliphatic carbocycles. The number of nitrogen functional groups attached to an aromatic ring is 1. The lowest BCUT2D eigenvalue weighted by Crippen LogP contribution is -2.15. The number of hydrogen-bond donors (Lipinski definition) is 2. The van der Waals surface area contributed by atoms with E-state index < -0.39 is 0 Å². The van der Waals surface area contributed by atoms with Gasteiger partial charge in [-0.05, 0) is 36.8 Å². The fourth-order valence-corrected chi connectivity index (χ4v) is 2.35. The molecule has 0 fully saturated rings. The monoisotopic (exact) mass is 303 g/mol. The van der Waals surface area contributed by atoms with Crippen molar-refractivity contribution >= 4 is 34.6 Å². The van der Waals surface area contributed by atoms with Crippen molar-refractivity contribution in [1.29, 1.82) is 0 Å². The van der Waals surface area contributed by atoms with Crippen molar-refractivity contribution in [2.24, 2.45) is 0 Å². The van der Waals surface area contributed by atoms with E-state index >= 15 is 0 Å². The Morgan fingerprint density at radius 1 is 1.24 bits per heavy atom. The minimum atomic E-state index is -0.233.